The van der Waals surface area contributed by atoms with Gasteiger partial charge < -0.3 is 14.0 Å². The summed E-state index contributed by atoms with van der Waals surface area (Å²) in [5.41, 5.74) is 2.75. The van der Waals surface area contributed by atoms with Crippen molar-refractivity contribution in [3.63, 3.8) is 0 Å². The Morgan fingerprint density at radius 3 is 2.37 bits per heavy atom. The van der Waals surface area contributed by atoms with Crippen LogP contribution in [0.4, 0.5) is 0 Å². The SMILES string of the molecule is COc1cccc(-c2noc(-c3cccc(OCc4ccccc4)c3)n2)c1. The molecule has 0 N–H and O–H groups in total. The van der Waals surface area contributed by atoms with Crippen LogP contribution in [0.2, 0.25) is 0 Å². The standard InChI is InChI=1S/C22H18N2O3/c1-25-19-11-5-9-17(13-19)21-23-22(27-24-21)18-10-6-12-20(14-18)26-15-16-7-3-2-4-8-16/h2-14H,15H2,1H3. The van der Waals surface area contributed by atoms with Crippen molar-refractivity contribution in [2.45, 2.75) is 6.61 Å². The second-order valence-electron chi connectivity index (χ2n) is 5.96. The summed E-state index contributed by atoms with van der Waals surface area (Å²) in [6.07, 6.45) is 0. The molecule has 1 heterocycles. The first-order valence-electron chi connectivity index (χ1n) is 8.57. The van der Waals surface area contributed by atoms with Crippen LogP contribution in [0.1, 0.15) is 5.56 Å². The van der Waals surface area contributed by atoms with Crippen LogP contribution in [0.15, 0.2) is 83.4 Å². The minimum atomic E-state index is 0.443. The third-order valence-corrected chi connectivity index (χ3v) is 4.08. The average molecular weight is 358 g/mol. The Morgan fingerprint density at radius 1 is 0.815 bits per heavy atom. The van der Waals surface area contributed by atoms with Gasteiger partial charge in [0.2, 0.25) is 5.82 Å². The molecule has 0 unspecified atom stereocenters. The molecule has 0 spiro atoms. The lowest BCUT2D eigenvalue weighted by atomic mass is 10.2. The largest absolute Gasteiger partial charge is 0.497 e. The molecule has 0 fully saturated rings. The Balaban J connectivity index is 1.53. The van der Waals surface area contributed by atoms with Crippen molar-refractivity contribution >= 4 is 0 Å². The van der Waals surface area contributed by atoms with Crippen LogP contribution in [0.5, 0.6) is 11.5 Å². The highest BCUT2D eigenvalue weighted by molar-refractivity contribution is 5.62. The second kappa shape index (κ2) is 7.74. The molecule has 0 saturated heterocycles. The van der Waals surface area contributed by atoms with Crippen molar-refractivity contribution in [1.82, 2.24) is 10.1 Å². The van der Waals surface area contributed by atoms with Crippen LogP contribution in [-0.4, -0.2) is 17.3 Å². The van der Waals surface area contributed by atoms with Gasteiger partial charge in [-0.15, -0.1) is 0 Å². The number of hydrogen-bond acceptors (Lipinski definition) is 5. The lowest BCUT2D eigenvalue weighted by molar-refractivity contribution is 0.306. The normalized spacial score (nSPS) is 10.6. The van der Waals surface area contributed by atoms with Gasteiger partial charge in [0.15, 0.2) is 0 Å². The van der Waals surface area contributed by atoms with Gasteiger partial charge in [-0.25, -0.2) is 0 Å². The van der Waals surface area contributed by atoms with Crippen LogP contribution in [-0.2, 0) is 6.61 Å². The molecule has 5 heteroatoms. The van der Waals surface area contributed by atoms with Crippen LogP contribution < -0.4 is 9.47 Å². The van der Waals surface area contributed by atoms with Gasteiger partial charge in [0.05, 0.1) is 7.11 Å². The van der Waals surface area contributed by atoms with Gasteiger partial charge in [0, 0.05) is 11.1 Å². The minimum absolute atomic E-state index is 0.443. The summed E-state index contributed by atoms with van der Waals surface area (Å²) in [4.78, 5) is 4.50. The number of benzene rings is 3. The molecule has 134 valence electrons. The molecule has 0 amide bonds. The van der Waals surface area contributed by atoms with E-state index >= 15 is 0 Å². The molecular weight excluding hydrogens is 340 g/mol. The summed E-state index contributed by atoms with van der Waals surface area (Å²) in [5.74, 6) is 2.45. The highest BCUT2D eigenvalue weighted by atomic mass is 16.5. The third kappa shape index (κ3) is 3.98. The molecule has 0 saturated carbocycles. The quantitative estimate of drug-likeness (QED) is 0.486. The fraction of sp³-hybridized carbons (Fsp3) is 0.0909. The molecule has 1 aromatic heterocycles. The maximum atomic E-state index is 5.87. The molecule has 0 radical (unpaired) electrons. The molecule has 0 bridgehead atoms. The predicted molar refractivity (Wildman–Crippen MR) is 102 cm³/mol. The smallest absolute Gasteiger partial charge is 0.258 e. The van der Waals surface area contributed by atoms with E-state index in [1.54, 1.807) is 7.11 Å². The Labute approximate surface area is 157 Å². The summed E-state index contributed by atoms with van der Waals surface area (Å²) < 4.78 is 16.6. The predicted octanol–water partition coefficient (Wildman–Crippen LogP) is 4.99. The van der Waals surface area contributed by atoms with Gasteiger partial charge in [-0.05, 0) is 35.9 Å². The molecule has 0 aliphatic rings. The van der Waals surface area contributed by atoms with Crippen LogP contribution in [0.25, 0.3) is 22.8 Å². The lowest BCUT2D eigenvalue weighted by Crippen LogP contribution is -1.95. The highest BCUT2D eigenvalue weighted by Crippen LogP contribution is 2.27. The number of ether oxygens (including phenoxy) is 2. The average Bonchev–Trinajstić information content (AvgIpc) is 3.24. The van der Waals surface area contributed by atoms with Crippen LogP contribution in [0.3, 0.4) is 0 Å². The molecule has 4 rings (SSSR count). The number of rotatable bonds is 6. The van der Waals surface area contributed by atoms with Crippen LogP contribution in [0, 0.1) is 0 Å². The van der Waals surface area contributed by atoms with Gasteiger partial charge in [0.1, 0.15) is 18.1 Å². The van der Waals surface area contributed by atoms with Crippen molar-refractivity contribution in [3.8, 4) is 34.3 Å². The first kappa shape index (κ1) is 16.8. The zero-order valence-corrected chi connectivity index (χ0v) is 14.8. The lowest BCUT2D eigenvalue weighted by Gasteiger charge is -2.06. The van der Waals surface area contributed by atoms with E-state index in [0.29, 0.717) is 18.3 Å². The van der Waals surface area contributed by atoms with Crippen molar-refractivity contribution < 1.29 is 14.0 Å². The fourth-order valence-electron chi connectivity index (χ4n) is 2.68. The molecule has 0 aliphatic heterocycles. The van der Waals surface area contributed by atoms with Gasteiger partial charge in [-0.3, -0.25) is 0 Å². The van der Waals surface area contributed by atoms with E-state index in [-0.39, 0.29) is 0 Å². The monoisotopic (exact) mass is 358 g/mol. The Bertz CT molecular complexity index is 1030. The van der Waals surface area contributed by atoms with Gasteiger partial charge in [0.25, 0.3) is 5.89 Å². The molecule has 5 nitrogen and oxygen atoms in total. The fourth-order valence-corrected chi connectivity index (χ4v) is 2.68. The second-order valence-corrected chi connectivity index (χ2v) is 5.96. The summed E-state index contributed by atoms with van der Waals surface area (Å²) in [6.45, 7) is 0.503. The maximum absolute atomic E-state index is 5.87. The molecule has 0 aliphatic carbocycles. The van der Waals surface area contributed by atoms with Crippen molar-refractivity contribution in [1.29, 1.82) is 0 Å². The van der Waals surface area contributed by atoms with E-state index in [4.69, 9.17) is 14.0 Å². The molecule has 4 aromatic rings. The van der Waals surface area contributed by atoms with Crippen molar-refractivity contribution in [2.75, 3.05) is 7.11 Å². The van der Waals surface area contributed by atoms with E-state index in [0.717, 1.165) is 28.2 Å². The molecular formula is C22H18N2O3. The Morgan fingerprint density at radius 2 is 1.56 bits per heavy atom. The Hall–Kier alpha value is -3.60. The zero-order valence-electron chi connectivity index (χ0n) is 14.8. The number of nitrogens with zero attached hydrogens (tertiary/aromatic N) is 2. The minimum Gasteiger partial charge on any atom is -0.497 e. The molecule has 27 heavy (non-hydrogen) atoms. The number of hydrogen-bond donors (Lipinski definition) is 0. The molecule has 3 aromatic carbocycles. The number of methoxy groups -OCH3 is 1. The number of aromatic nitrogens is 2. The van der Waals surface area contributed by atoms with Gasteiger partial charge >= 0.3 is 0 Å². The first-order valence-corrected chi connectivity index (χ1v) is 8.57. The zero-order chi connectivity index (χ0) is 18.5. The molecule has 0 atom stereocenters. The van der Waals surface area contributed by atoms with E-state index in [1.165, 1.54) is 0 Å². The Kier molecular flexibility index (Phi) is 4.83. The third-order valence-electron chi connectivity index (χ3n) is 4.08. The van der Waals surface area contributed by atoms with Gasteiger partial charge in [-0.2, -0.15) is 4.98 Å². The van der Waals surface area contributed by atoms with Crippen molar-refractivity contribution in [3.05, 3.63) is 84.4 Å². The summed E-state index contributed by atoms with van der Waals surface area (Å²) >= 11 is 0. The maximum Gasteiger partial charge on any atom is 0.258 e. The summed E-state index contributed by atoms with van der Waals surface area (Å²) in [5, 5.41) is 4.08. The first-order chi connectivity index (χ1) is 13.3. The highest BCUT2D eigenvalue weighted by Gasteiger charge is 2.12. The van der Waals surface area contributed by atoms with Crippen LogP contribution >= 0.6 is 0 Å². The topological polar surface area (TPSA) is 57.4 Å². The summed E-state index contributed by atoms with van der Waals surface area (Å²) in [6, 6.07) is 25.2. The van der Waals surface area contributed by atoms with E-state index in [9.17, 15) is 0 Å². The summed E-state index contributed by atoms with van der Waals surface area (Å²) in [7, 11) is 1.63. The van der Waals surface area contributed by atoms with E-state index in [1.807, 2.05) is 78.9 Å². The van der Waals surface area contributed by atoms with Gasteiger partial charge in [-0.1, -0.05) is 53.7 Å². The van der Waals surface area contributed by atoms with Crippen molar-refractivity contribution in [2.24, 2.45) is 0 Å². The van der Waals surface area contributed by atoms with E-state index in [2.05, 4.69) is 10.1 Å². The van der Waals surface area contributed by atoms with E-state index < -0.39 is 0 Å².